The van der Waals surface area contributed by atoms with Gasteiger partial charge in [-0.05, 0) is 13.8 Å². The maximum Gasteiger partial charge on any atom is 0.251 e. The molecule has 20 heavy (non-hydrogen) atoms. The number of amides is 2. The van der Waals surface area contributed by atoms with Gasteiger partial charge in [0.25, 0.3) is 5.91 Å². The van der Waals surface area contributed by atoms with Crippen molar-refractivity contribution >= 4 is 34.6 Å². The number of hydrogen-bond acceptors (Lipinski definition) is 7. The van der Waals surface area contributed by atoms with Gasteiger partial charge in [-0.2, -0.15) is 15.1 Å². The van der Waals surface area contributed by atoms with E-state index in [1.54, 1.807) is 18.7 Å². The van der Waals surface area contributed by atoms with Crippen molar-refractivity contribution in [1.82, 2.24) is 25.5 Å². The van der Waals surface area contributed by atoms with Crippen molar-refractivity contribution in [2.45, 2.75) is 19.4 Å². The number of nitrogens with one attached hydrogen (secondary N) is 2. The summed E-state index contributed by atoms with van der Waals surface area (Å²) in [6.07, 6.45) is 1.54. The molecule has 1 aliphatic rings. The van der Waals surface area contributed by atoms with E-state index in [9.17, 15) is 9.59 Å². The molecule has 0 bridgehead atoms. The Morgan fingerprint density at radius 1 is 1.35 bits per heavy atom. The molecule has 0 radical (unpaired) electrons. The summed E-state index contributed by atoms with van der Waals surface area (Å²) in [7, 11) is 0. The Labute approximate surface area is 113 Å². The van der Waals surface area contributed by atoms with Crippen molar-refractivity contribution in [3.05, 3.63) is 6.20 Å². The van der Waals surface area contributed by atoms with Crippen LogP contribution in [0.15, 0.2) is 6.20 Å². The van der Waals surface area contributed by atoms with Crippen LogP contribution >= 0.6 is 0 Å². The molecule has 4 N–H and O–H groups in total. The van der Waals surface area contributed by atoms with Crippen LogP contribution in [0, 0.1) is 0 Å². The van der Waals surface area contributed by atoms with Crippen LogP contribution in [0.3, 0.4) is 0 Å². The highest BCUT2D eigenvalue weighted by atomic mass is 16.2. The van der Waals surface area contributed by atoms with Crippen LogP contribution in [0.4, 0.5) is 11.8 Å². The summed E-state index contributed by atoms with van der Waals surface area (Å²) >= 11 is 0. The molecule has 1 saturated heterocycles. The van der Waals surface area contributed by atoms with Crippen LogP contribution in [0.5, 0.6) is 0 Å². The highest BCUT2D eigenvalue weighted by molar-refractivity contribution is 6.08. The van der Waals surface area contributed by atoms with Crippen molar-refractivity contribution < 1.29 is 9.59 Å². The van der Waals surface area contributed by atoms with Gasteiger partial charge < -0.3 is 10.6 Å². The lowest BCUT2D eigenvalue weighted by Crippen LogP contribution is -2.64. The lowest BCUT2D eigenvalue weighted by Gasteiger charge is -2.41. The van der Waals surface area contributed by atoms with E-state index in [2.05, 4.69) is 25.5 Å². The van der Waals surface area contributed by atoms with E-state index in [0.717, 1.165) is 0 Å². The zero-order valence-corrected chi connectivity index (χ0v) is 11.0. The fraction of sp³-hybridized carbons (Fsp3) is 0.364. The van der Waals surface area contributed by atoms with E-state index in [1.165, 1.54) is 6.20 Å². The molecule has 2 aromatic rings. The first kappa shape index (κ1) is 12.3. The predicted octanol–water partition coefficient (Wildman–Crippen LogP) is -0.823. The molecule has 0 atom stereocenters. The normalized spacial score (nSPS) is 18.4. The second-order valence-electron chi connectivity index (χ2n) is 5.06. The second-order valence-corrected chi connectivity index (χ2v) is 5.06. The number of carbonyl (C=O) groups is 2. The first-order valence-corrected chi connectivity index (χ1v) is 5.98. The Bertz CT molecular complexity index is 721. The molecule has 0 spiro atoms. The summed E-state index contributed by atoms with van der Waals surface area (Å²) in [5.74, 6) is -0.314. The van der Waals surface area contributed by atoms with Crippen molar-refractivity contribution in [1.29, 1.82) is 0 Å². The molecule has 9 nitrogen and oxygen atoms in total. The van der Waals surface area contributed by atoms with E-state index in [0.29, 0.717) is 16.9 Å². The van der Waals surface area contributed by atoms with Crippen molar-refractivity contribution in [2.75, 3.05) is 17.2 Å². The number of nitrogens with zero attached hydrogens (tertiary/aromatic N) is 4. The molecule has 2 aromatic heterocycles. The number of aromatic nitrogens is 4. The number of carbonyl (C=O) groups excluding carboxylic acids is 2. The van der Waals surface area contributed by atoms with Gasteiger partial charge in [-0.25, -0.2) is 0 Å². The number of nitrogen functional groups attached to an aromatic ring is 1. The third kappa shape index (κ3) is 1.67. The summed E-state index contributed by atoms with van der Waals surface area (Å²) in [4.78, 5) is 33.4. The summed E-state index contributed by atoms with van der Waals surface area (Å²) in [6.45, 7) is 3.42. The number of fused-ring (bicyclic) bond motifs is 1. The Morgan fingerprint density at radius 3 is 2.85 bits per heavy atom. The van der Waals surface area contributed by atoms with Crippen LogP contribution < -0.4 is 16.0 Å². The van der Waals surface area contributed by atoms with Gasteiger partial charge in [-0.1, -0.05) is 0 Å². The van der Waals surface area contributed by atoms with Crippen LogP contribution in [-0.4, -0.2) is 44.1 Å². The smallest absolute Gasteiger partial charge is 0.251 e. The molecule has 0 aromatic carbocycles. The second kappa shape index (κ2) is 3.89. The van der Waals surface area contributed by atoms with Crippen molar-refractivity contribution in [2.24, 2.45) is 0 Å². The number of piperazine rings is 1. The highest BCUT2D eigenvalue weighted by Crippen LogP contribution is 2.30. The van der Waals surface area contributed by atoms with Gasteiger partial charge in [-0.15, -0.1) is 0 Å². The standard InChI is InChI=1S/C11H13N7O2/c1-11(2)9(20)14-6(19)4-18(11)8-5-3-13-17-7(5)15-10(12)16-8/h3H,4H2,1-2H3,(H,14,19,20)(H3,12,13,15,16,17). The topological polar surface area (TPSA) is 130 Å². The zero-order chi connectivity index (χ0) is 14.5. The summed E-state index contributed by atoms with van der Waals surface area (Å²) in [5, 5.41) is 9.50. The molecule has 0 unspecified atom stereocenters. The van der Waals surface area contributed by atoms with Crippen LogP contribution in [0.25, 0.3) is 11.0 Å². The van der Waals surface area contributed by atoms with Crippen LogP contribution in [0.1, 0.15) is 13.8 Å². The summed E-state index contributed by atoms with van der Waals surface area (Å²) < 4.78 is 0. The van der Waals surface area contributed by atoms with Gasteiger partial charge in [0, 0.05) is 0 Å². The lowest BCUT2D eigenvalue weighted by atomic mass is 9.98. The molecule has 3 heterocycles. The number of H-pyrrole nitrogens is 1. The average Bonchev–Trinajstić information content (AvgIpc) is 2.81. The highest BCUT2D eigenvalue weighted by Gasteiger charge is 2.42. The van der Waals surface area contributed by atoms with Gasteiger partial charge in [-0.3, -0.25) is 20.0 Å². The average molecular weight is 275 g/mol. The SMILES string of the molecule is CC1(C)C(=O)NC(=O)CN1c1nc(N)nc2[nH]ncc12. The van der Waals surface area contributed by atoms with E-state index in [-0.39, 0.29) is 24.3 Å². The maximum absolute atomic E-state index is 12.0. The monoisotopic (exact) mass is 275 g/mol. The van der Waals surface area contributed by atoms with Gasteiger partial charge in [0.2, 0.25) is 11.9 Å². The number of anilines is 2. The predicted molar refractivity (Wildman–Crippen MR) is 70.7 cm³/mol. The van der Waals surface area contributed by atoms with Crippen LogP contribution in [0.2, 0.25) is 0 Å². The fourth-order valence-corrected chi connectivity index (χ4v) is 2.16. The van der Waals surface area contributed by atoms with Gasteiger partial charge >= 0.3 is 0 Å². The van der Waals surface area contributed by atoms with Gasteiger partial charge in [0.15, 0.2) is 5.65 Å². The minimum Gasteiger partial charge on any atom is -0.368 e. The quantitative estimate of drug-likeness (QED) is 0.579. The van der Waals surface area contributed by atoms with Crippen molar-refractivity contribution in [3.63, 3.8) is 0 Å². The molecule has 3 rings (SSSR count). The Morgan fingerprint density at radius 2 is 2.10 bits per heavy atom. The molecule has 9 heteroatoms. The molecule has 0 saturated carbocycles. The minimum atomic E-state index is -0.932. The van der Waals surface area contributed by atoms with E-state index in [1.807, 2.05) is 0 Å². The minimum absolute atomic E-state index is 0.00940. The van der Waals surface area contributed by atoms with E-state index < -0.39 is 5.54 Å². The third-order valence-corrected chi connectivity index (χ3v) is 3.35. The largest absolute Gasteiger partial charge is 0.368 e. The molecular weight excluding hydrogens is 262 g/mol. The first-order chi connectivity index (χ1) is 9.39. The number of nitrogens with two attached hydrogens (primary N) is 1. The molecule has 1 fully saturated rings. The lowest BCUT2D eigenvalue weighted by molar-refractivity contribution is -0.135. The number of aromatic amines is 1. The molecule has 104 valence electrons. The number of hydrogen-bond donors (Lipinski definition) is 3. The first-order valence-electron chi connectivity index (χ1n) is 5.98. The van der Waals surface area contributed by atoms with Gasteiger partial charge in [0.05, 0.1) is 18.1 Å². The molecule has 2 amide bonds. The van der Waals surface area contributed by atoms with E-state index in [4.69, 9.17) is 5.73 Å². The van der Waals surface area contributed by atoms with Crippen molar-refractivity contribution in [3.8, 4) is 0 Å². The van der Waals surface area contributed by atoms with E-state index >= 15 is 0 Å². The summed E-state index contributed by atoms with van der Waals surface area (Å²) in [5.41, 5.74) is 5.19. The third-order valence-electron chi connectivity index (χ3n) is 3.35. The number of imide groups is 1. The Kier molecular flexibility index (Phi) is 2.40. The van der Waals surface area contributed by atoms with Gasteiger partial charge in [0.1, 0.15) is 11.4 Å². The maximum atomic E-state index is 12.0. The fourth-order valence-electron chi connectivity index (χ4n) is 2.16. The molecular formula is C11H13N7O2. The van der Waals surface area contributed by atoms with Crippen LogP contribution in [-0.2, 0) is 9.59 Å². The molecule has 0 aliphatic carbocycles. The summed E-state index contributed by atoms with van der Waals surface area (Å²) in [6, 6.07) is 0. The Balaban J connectivity index is 2.20. The molecule has 1 aliphatic heterocycles. The zero-order valence-electron chi connectivity index (χ0n) is 11.0. The Hall–Kier alpha value is -2.71. The number of rotatable bonds is 1.